The number of halogens is 9. The van der Waals surface area contributed by atoms with Gasteiger partial charge in [-0.1, -0.05) is 52.5 Å². The molecule has 1 aliphatic rings. The Balaban J connectivity index is 1.90. The van der Waals surface area contributed by atoms with Crippen molar-refractivity contribution >= 4 is 86.6 Å². The largest absolute Gasteiger partial charge is 0.286 e. The van der Waals surface area contributed by atoms with Crippen LogP contribution in [0.1, 0.15) is 36.8 Å². The predicted octanol–water partition coefficient (Wildman–Crippen LogP) is 9.32. The minimum absolute atomic E-state index is 0.177. The highest BCUT2D eigenvalue weighted by Crippen LogP contribution is 2.40. The van der Waals surface area contributed by atoms with E-state index in [1.807, 2.05) is 0 Å². The fraction of sp³-hybridized carbons (Fsp3) is 0.167. The molecule has 3 aromatic carbocycles. The van der Waals surface area contributed by atoms with Crippen LogP contribution in [0.3, 0.4) is 0 Å². The Morgan fingerprint density at radius 3 is 1.67 bits per heavy atom. The summed E-state index contributed by atoms with van der Waals surface area (Å²) in [6, 6.07) is 12.0. The minimum atomic E-state index is -1.06. The van der Waals surface area contributed by atoms with Gasteiger partial charge in [-0.25, -0.2) is 13.2 Å². The van der Waals surface area contributed by atoms with Crippen LogP contribution in [0.25, 0.3) is 5.57 Å². The SMILES string of the molecule is Fc1ccc(C2=CN(c3ccc(F)cc3C(Cl)Cl)NN(c3ccc(F)cc3C(Cl)Cl)C2)c(C(Cl)Cl)c1. The van der Waals surface area contributed by atoms with Crippen LogP contribution in [-0.2, 0) is 0 Å². The Morgan fingerprint density at radius 1 is 0.639 bits per heavy atom. The minimum Gasteiger partial charge on any atom is -0.286 e. The molecule has 0 amide bonds. The molecular weight excluding hydrogens is 600 g/mol. The second-order valence-electron chi connectivity index (χ2n) is 7.75. The Labute approximate surface area is 235 Å². The van der Waals surface area contributed by atoms with Crippen LogP contribution in [0.2, 0.25) is 0 Å². The number of alkyl halides is 6. The maximum absolute atomic E-state index is 14.0. The molecule has 190 valence electrons. The maximum Gasteiger partial charge on any atom is 0.134 e. The summed E-state index contributed by atoms with van der Waals surface area (Å²) in [5.41, 5.74) is 6.11. The zero-order valence-corrected chi connectivity index (χ0v) is 22.5. The standard InChI is InChI=1S/C24H16Cl6F3N3/c25-22(26)17-7-13(31)1-4-16(17)12-10-35(20-5-2-14(32)8-18(20)23(27)28)34-36(11-12)21-6-3-15(33)9-19(21)24(29)30/h1-10,22-24,34H,11H2. The highest BCUT2D eigenvalue weighted by molar-refractivity contribution is 6.45. The van der Waals surface area contributed by atoms with E-state index in [4.69, 9.17) is 69.6 Å². The van der Waals surface area contributed by atoms with E-state index < -0.39 is 32.0 Å². The number of nitrogens with zero attached hydrogens (tertiary/aromatic N) is 2. The molecule has 36 heavy (non-hydrogen) atoms. The lowest BCUT2D eigenvalue weighted by atomic mass is 9.99. The Morgan fingerprint density at radius 2 is 1.11 bits per heavy atom. The number of anilines is 2. The van der Waals surface area contributed by atoms with Crippen molar-refractivity contribution in [3.8, 4) is 0 Å². The Hall–Kier alpha value is -1.51. The lowest BCUT2D eigenvalue weighted by Crippen LogP contribution is -2.52. The van der Waals surface area contributed by atoms with Crippen LogP contribution < -0.4 is 15.6 Å². The van der Waals surface area contributed by atoms with Crippen molar-refractivity contribution in [2.45, 2.75) is 14.5 Å². The molecule has 0 bridgehead atoms. The monoisotopic (exact) mass is 613 g/mol. The molecule has 3 nitrogen and oxygen atoms in total. The average Bonchev–Trinajstić information content (AvgIpc) is 2.83. The lowest BCUT2D eigenvalue weighted by molar-refractivity contribution is 0.616. The summed E-state index contributed by atoms with van der Waals surface area (Å²) in [6.07, 6.45) is 1.69. The molecule has 0 fully saturated rings. The van der Waals surface area contributed by atoms with Crippen LogP contribution in [0.15, 0.2) is 60.8 Å². The summed E-state index contributed by atoms with van der Waals surface area (Å²) in [7, 11) is 0. The third-order valence-corrected chi connectivity index (χ3v) is 6.85. The van der Waals surface area contributed by atoms with Gasteiger partial charge in [0.05, 0.1) is 17.9 Å². The molecular formula is C24H16Cl6F3N3. The number of benzene rings is 3. The van der Waals surface area contributed by atoms with Gasteiger partial charge in [-0.15, -0.1) is 28.7 Å². The molecule has 0 atom stereocenters. The summed E-state index contributed by atoms with van der Waals surface area (Å²) in [5.74, 6) is -1.56. The van der Waals surface area contributed by atoms with Gasteiger partial charge in [-0.05, 0) is 65.2 Å². The van der Waals surface area contributed by atoms with E-state index in [0.29, 0.717) is 33.6 Å². The zero-order valence-electron chi connectivity index (χ0n) is 18.0. The van der Waals surface area contributed by atoms with Crippen LogP contribution in [0, 0.1) is 17.5 Å². The van der Waals surface area contributed by atoms with E-state index in [0.717, 1.165) is 0 Å². The Kier molecular flexibility index (Phi) is 8.78. The molecule has 0 saturated carbocycles. The van der Waals surface area contributed by atoms with Crippen molar-refractivity contribution in [2.75, 3.05) is 16.6 Å². The number of rotatable bonds is 6. The van der Waals surface area contributed by atoms with E-state index in [2.05, 4.69) is 5.53 Å². The van der Waals surface area contributed by atoms with E-state index in [9.17, 15) is 13.2 Å². The van der Waals surface area contributed by atoms with E-state index in [-0.39, 0.29) is 12.1 Å². The number of hydrazine groups is 2. The number of hydrogen-bond donors (Lipinski definition) is 1. The first kappa shape index (κ1) is 27.5. The van der Waals surface area contributed by atoms with Gasteiger partial charge in [0.1, 0.15) is 32.0 Å². The van der Waals surface area contributed by atoms with Crippen LogP contribution in [-0.4, -0.2) is 6.54 Å². The molecule has 0 spiro atoms. The topological polar surface area (TPSA) is 18.5 Å². The smallest absolute Gasteiger partial charge is 0.134 e. The molecule has 4 rings (SSSR count). The highest BCUT2D eigenvalue weighted by Gasteiger charge is 2.28. The maximum atomic E-state index is 14.0. The first-order valence-corrected chi connectivity index (χ1v) is 12.9. The second kappa shape index (κ2) is 11.5. The second-order valence-corrected chi connectivity index (χ2v) is 11.0. The van der Waals surface area contributed by atoms with Crippen molar-refractivity contribution < 1.29 is 13.2 Å². The van der Waals surface area contributed by atoms with Gasteiger partial charge in [-0.3, -0.25) is 10.0 Å². The van der Waals surface area contributed by atoms with Crippen LogP contribution >= 0.6 is 69.6 Å². The number of hydrogen-bond acceptors (Lipinski definition) is 3. The predicted molar refractivity (Wildman–Crippen MR) is 143 cm³/mol. The molecule has 1 aliphatic heterocycles. The quantitative estimate of drug-likeness (QED) is 0.279. The molecule has 0 aromatic heterocycles. The van der Waals surface area contributed by atoms with Gasteiger partial charge in [0.25, 0.3) is 0 Å². The zero-order chi connectivity index (χ0) is 26.1. The van der Waals surface area contributed by atoms with Crippen molar-refractivity contribution in [2.24, 2.45) is 0 Å². The highest BCUT2D eigenvalue weighted by atomic mass is 35.5. The van der Waals surface area contributed by atoms with Crippen molar-refractivity contribution in [1.82, 2.24) is 5.53 Å². The third-order valence-electron chi connectivity index (χ3n) is 5.44. The van der Waals surface area contributed by atoms with E-state index in [1.54, 1.807) is 22.3 Å². The summed E-state index contributed by atoms with van der Waals surface area (Å²) in [4.78, 5) is -3.13. The summed E-state index contributed by atoms with van der Waals surface area (Å²) < 4.78 is 42.0. The molecule has 3 aromatic rings. The Bertz CT molecular complexity index is 1300. The van der Waals surface area contributed by atoms with Crippen LogP contribution in [0.4, 0.5) is 24.5 Å². The molecule has 1 N–H and O–H groups in total. The fourth-order valence-corrected chi connectivity index (χ4v) is 4.91. The number of nitrogens with one attached hydrogen (secondary N) is 1. The molecule has 0 unspecified atom stereocenters. The van der Waals surface area contributed by atoms with Gasteiger partial charge in [0, 0.05) is 17.3 Å². The van der Waals surface area contributed by atoms with E-state index in [1.165, 1.54) is 48.5 Å². The van der Waals surface area contributed by atoms with Crippen molar-refractivity contribution in [1.29, 1.82) is 0 Å². The molecule has 0 aliphatic carbocycles. The van der Waals surface area contributed by atoms with Gasteiger partial charge < -0.3 is 0 Å². The van der Waals surface area contributed by atoms with Crippen molar-refractivity contribution in [3.63, 3.8) is 0 Å². The molecule has 1 heterocycles. The van der Waals surface area contributed by atoms with Gasteiger partial charge in [0.2, 0.25) is 0 Å². The third kappa shape index (κ3) is 5.97. The lowest BCUT2D eigenvalue weighted by Gasteiger charge is -2.39. The first-order chi connectivity index (χ1) is 17.0. The summed E-state index contributed by atoms with van der Waals surface area (Å²) in [6.45, 7) is 0.177. The first-order valence-electron chi connectivity index (χ1n) is 10.3. The van der Waals surface area contributed by atoms with E-state index >= 15 is 0 Å². The summed E-state index contributed by atoms with van der Waals surface area (Å²) in [5, 5.41) is 3.18. The molecule has 0 saturated heterocycles. The normalized spacial score (nSPS) is 14.3. The molecule has 0 radical (unpaired) electrons. The molecule has 12 heteroatoms. The van der Waals surface area contributed by atoms with Crippen molar-refractivity contribution in [3.05, 3.63) is 101 Å². The van der Waals surface area contributed by atoms with Gasteiger partial charge in [0.15, 0.2) is 0 Å². The fourth-order valence-electron chi connectivity index (χ4n) is 3.85. The van der Waals surface area contributed by atoms with Crippen LogP contribution in [0.5, 0.6) is 0 Å². The average molecular weight is 616 g/mol. The van der Waals surface area contributed by atoms with Gasteiger partial charge >= 0.3 is 0 Å². The summed E-state index contributed by atoms with van der Waals surface area (Å²) >= 11 is 36.8. The van der Waals surface area contributed by atoms with Gasteiger partial charge in [-0.2, -0.15) is 0 Å².